The molecular formula is C13H19NO2. The van der Waals surface area contributed by atoms with E-state index in [0.717, 1.165) is 19.6 Å². The molecule has 2 rings (SSSR count). The number of phenolic OH excluding ortho intramolecular Hbond substituents is 1. The number of methoxy groups -OCH3 is 1. The molecule has 0 radical (unpaired) electrons. The molecule has 1 aromatic rings. The van der Waals surface area contributed by atoms with Crippen LogP contribution in [0.1, 0.15) is 24.4 Å². The molecule has 1 fully saturated rings. The molecule has 1 aromatic carbocycles. The van der Waals surface area contributed by atoms with E-state index in [4.69, 9.17) is 4.74 Å². The number of piperidine rings is 1. The van der Waals surface area contributed by atoms with Gasteiger partial charge in [-0.2, -0.15) is 0 Å². The lowest BCUT2D eigenvalue weighted by Crippen LogP contribution is -2.35. The van der Waals surface area contributed by atoms with Gasteiger partial charge in [-0.05, 0) is 36.5 Å². The monoisotopic (exact) mass is 221 g/mol. The highest BCUT2D eigenvalue weighted by Gasteiger charge is 2.21. The Kier molecular flexibility index (Phi) is 3.80. The van der Waals surface area contributed by atoms with Crippen molar-refractivity contribution in [3.05, 3.63) is 29.8 Å². The fourth-order valence-electron chi connectivity index (χ4n) is 2.28. The van der Waals surface area contributed by atoms with Crippen LogP contribution in [0.3, 0.4) is 0 Å². The molecule has 3 heteroatoms. The zero-order valence-corrected chi connectivity index (χ0v) is 9.65. The minimum Gasteiger partial charge on any atom is -0.508 e. The molecule has 1 aliphatic rings. The van der Waals surface area contributed by atoms with Crippen LogP contribution < -0.4 is 5.32 Å². The Morgan fingerprint density at radius 1 is 1.31 bits per heavy atom. The molecule has 2 unspecified atom stereocenters. The Labute approximate surface area is 96.4 Å². The number of rotatable bonds is 3. The van der Waals surface area contributed by atoms with Gasteiger partial charge in [0, 0.05) is 19.7 Å². The number of ether oxygens (including phenoxy) is 1. The minimum atomic E-state index is 0.330. The van der Waals surface area contributed by atoms with Gasteiger partial charge in [0.15, 0.2) is 0 Å². The average molecular weight is 221 g/mol. The minimum absolute atomic E-state index is 0.330. The van der Waals surface area contributed by atoms with Crippen molar-refractivity contribution >= 4 is 0 Å². The quantitative estimate of drug-likeness (QED) is 0.821. The van der Waals surface area contributed by atoms with Crippen molar-refractivity contribution in [3.63, 3.8) is 0 Å². The second-order valence-electron chi connectivity index (χ2n) is 4.45. The molecule has 16 heavy (non-hydrogen) atoms. The first kappa shape index (κ1) is 11.4. The van der Waals surface area contributed by atoms with Gasteiger partial charge in [-0.25, -0.2) is 0 Å². The zero-order chi connectivity index (χ0) is 11.4. The van der Waals surface area contributed by atoms with Crippen LogP contribution in [0.2, 0.25) is 0 Å². The summed E-state index contributed by atoms with van der Waals surface area (Å²) in [4.78, 5) is 0. The molecule has 0 amide bonds. The molecule has 88 valence electrons. The maximum absolute atomic E-state index is 9.23. The van der Waals surface area contributed by atoms with E-state index in [0.29, 0.717) is 17.7 Å². The summed E-state index contributed by atoms with van der Waals surface area (Å²) < 4.78 is 5.16. The van der Waals surface area contributed by atoms with E-state index in [2.05, 4.69) is 5.32 Å². The van der Waals surface area contributed by atoms with Crippen LogP contribution in [0.25, 0.3) is 0 Å². The summed E-state index contributed by atoms with van der Waals surface area (Å²) in [6.07, 6.45) is 2.34. The van der Waals surface area contributed by atoms with E-state index in [-0.39, 0.29) is 0 Å². The van der Waals surface area contributed by atoms with Crippen molar-refractivity contribution in [1.82, 2.24) is 5.32 Å². The fourth-order valence-corrected chi connectivity index (χ4v) is 2.28. The van der Waals surface area contributed by atoms with Crippen molar-refractivity contribution in [1.29, 1.82) is 0 Å². The van der Waals surface area contributed by atoms with E-state index < -0.39 is 0 Å². The summed E-state index contributed by atoms with van der Waals surface area (Å²) in [7, 11) is 1.76. The van der Waals surface area contributed by atoms with Gasteiger partial charge in [-0.15, -0.1) is 0 Å². The summed E-state index contributed by atoms with van der Waals surface area (Å²) in [5, 5.41) is 12.8. The van der Waals surface area contributed by atoms with Crippen LogP contribution in [0.15, 0.2) is 24.3 Å². The highest BCUT2D eigenvalue weighted by molar-refractivity contribution is 5.28. The summed E-state index contributed by atoms with van der Waals surface area (Å²) in [6.45, 7) is 1.86. The van der Waals surface area contributed by atoms with Gasteiger partial charge in [0.05, 0.1) is 6.61 Å². The molecule has 3 nitrogen and oxygen atoms in total. The van der Waals surface area contributed by atoms with Crippen LogP contribution in [0.4, 0.5) is 0 Å². The van der Waals surface area contributed by atoms with Crippen molar-refractivity contribution in [2.45, 2.75) is 18.9 Å². The Morgan fingerprint density at radius 2 is 2.06 bits per heavy atom. The largest absolute Gasteiger partial charge is 0.508 e. The third-order valence-corrected chi connectivity index (χ3v) is 3.21. The SMILES string of the molecule is COCC1CCC(c2ccc(O)cc2)NC1. The highest BCUT2D eigenvalue weighted by Crippen LogP contribution is 2.26. The highest BCUT2D eigenvalue weighted by atomic mass is 16.5. The zero-order valence-electron chi connectivity index (χ0n) is 9.65. The maximum atomic E-state index is 9.23. The molecule has 2 atom stereocenters. The van der Waals surface area contributed by atoms with Gasteiger partial charge in [-0.1, -0.05) is 12.1 Å². The molecule has 0 saturated carbocycles. The number of hydrogen-bond acceptors (Lipinski definition) is 3. The van der Waals surface area contributed by atoms with Gasteiger partial charge in [0.1, 0.15) is 5.75 Å². The van der Waals surface area contributed by atoms with Crippen molar-refractivity contribution in [2.75, 3.05) is 20.3 Å². The van der Waals surface area contributed by atoms with E-state index in [1.165, 1.54) is 12.0 Å². The van der Waals surface area contributed by atoms with Gasteiger partial charge in [0.25, 0.3) is 0 Å². The summed E-state index contributed by atoms with van der Waals surface area (Å²) in [5.74, 6) is 0.968. The van der Waals surface area contributed by atoms with Crippen LogP contribution >= 0.6 is 0 Å². The molecule has 2 N–H and O–H groups in total. The Hall–Kier alpha value is -1.06. The Bertz CT molecular complexity index is 315. The topological polar surface area (TPSA) is 41.5 Å². The van der Waals surface area contributed by atoms with E-state index in [9.17, 15) is 5.11 Å². The average Bonchev–Trinajstić information content (AvgIpc) is 2.32. The van der Waals surface area contributed by atoms with E-state index in [1.54, 1.807) is 19.2 Å². The summed E-state index contributed by atoms with van der Waals surface area (Å²) in [5.41, 5.74) is 1.26. The normalized spacial score (nSPS) is 25.6. The smallest absolute Gasteiger partial charge is 0.115 e. The summed E-state index contributed by atoms with van der Waals surface area (Å²) in [6, 6.07) is 7.90. The third kappa shape index (κ3) is 2.74. The molecule has 0 spiro atoms. The number of nitrogens with one attached hydrogen (secondary N) is 1. The lowest BCUT2D eigenvalue weighted by Gasteiger charge is -2.29. The van der Waals surface area contributed by atoms with Gasteiger partial charge < -0.3 is 15.2 Å². The molecule has 1 aliphatic heterocycles. The predicted octanol–water partition coefficient (Wildman–Crippen LogP) is 2.08. The van der Waals surface area contributed by atoms with Gasteiger partial charge in [-0.3, -0.25) is 0 Å². The Balaban J connectivity index is 1.91. The number of aromatic hydroxyl groups is 1. The van der Waals surface area contributed by atoms with Crippen molar-refractivity contribution in [2.24, 2.45) is 5.92 Å². The van der Waals surface area contributed by atoms with E-state index >= 15 is 0 Å². The van der Waals surface area contributed by atoms with Crippen LogP contribution in [0, 0.1) is 5.92 Å². The maximum Gasteiger partial charge on any atom is 0.115 e. The molecule has 0 aromatic heterocycles. The first-order valence-electron chi connectivity index (χ1n) is 5.81. The summed E-state index contributed by atoms with van der Waals surface area (Å²) >= 11 is 0. The predicted molar refractivity (Wildman–Crippen MR) is 63.5 cm³/mol. The third-order valence-electron chi connectivity index (χ3n) is 3.21. The molecule has 0 bridgehead atoms. The van der Waals surface area contributed by atoms with Gasteiger partial charge >= 0.3 is 0 Å². The molecular weight excluding hydrogens is 202 g/mol. The van der Waals surface area contributed by atoms with Crippen molar-refractivity contribution < 1.29 is 9.84 Å². The van der Waals surface area contributed by atoms with E-state index in [1.807, 2.05) is 12.1 Å². The lowest BCUT2D eigenvalue weighted by molar-refractivity contribution is 0.129. The van der Waals surface area contributed by atoms with Crippen LogP contribution in [-0.2, 0) is 4.74 Å². The molecule has 0 aliphatic carbocycles. The van der Waals surface area contributed by atoms with Gasteiger partial charge in [0.2, 0.25) is 0 Å². The first-order valence-corrected chi connectivity index (χ1v) is 5.81. The second-order valence-corrected chi connectivity index (χ2v) is 4.45. The molecule has 1 heterocycles. The Morgan fingerprint density at radius 3 is 2.62 bits per heavy atom. The van der Waals surface area contributed by atoms with Crippen LogP contribution in [0.5, 0.6) is 5.75 Å². The number of hydrogen-bond donors (Lipinski definition) is 2. The lowest BCUT2D eigenvalue weighted by atomic mass is 9.91. The fraction of sp³-hybridized carbons (Fsp3) is 0.538. The van der Waals surface area contributed by atoms with Crippen molar-refractivity contribution in [3.8, 4) is 5.75 Å². The van der Waals surface area contributed by atoms with Crippen LogP contribution in [-0.4, -0.2) is 25.4 Å². The second kappa shape index (κ2) is 5.32. The number of phenols is 1. The number of benzene rings is 1. The molecule has 1 saturated heterocycles. The standard InChI is InChI=1S/C13H19NO2/c1-16-9-10-2-7-13(14-8-10)11-3-5-12(15)6-4-11/h3-6,10,13-15H,2,7-9H2,1H3. The first-order chi connectivity index (χ1) is 7.79.